The fourth-order valence-corrected chi connectivity index (χ4v) is 4.30. The molecular formula is C27H21BrINO5. The van der Waals surface area contributed by atoms with Crippen LogP contribution in [0.3, 0.4) is 0 Å². The lowest BCUT2D eigenvalue weighted by molar-refractivity contribution is -0.129. The van der Waals surface area contributed by atoms with Crippen molar-refractivity contribution in [2.75, 3.05) is 6.61 Å². The van der Waals surface area contributed by atoms with Gasteiger partial charge in [-0.25, -0.2) is 14.6 Å². The van der Waals surface area contributed by atoms with Crippen molar-refractivity contribution in [1.29, 1.82) is 0 Å². The van der Waals surface area contributed by atoms with Gasteiger partial charge in [0, 0.05) is 9.13 Å². The molecule has 35 heavy (non-hydrogen) atoms. The minimum absolute atomic E-state index is 0.162. The molecule has 0 radical (unpaired) electrons. The van der Waals surface area contributed by atoms with E-state index in [-0.39, 0.29) is 17.3 Å². The summed E-state index contributed by atoms with van der Waals surface area (Å²) in [7, 11) is 0. The summed E-state index contributed by atoms with van der Waals surface area (Å²) >= 11 is 5.72. The molecule has 0 aliphatic carbocycles. The number of aliphatic imine (C=N–C) groups is 1. The van der Waals surface area contributed by atoms with Gasteiger partial charge in [-0.15, -0.1) is 0 Å². The zero-order valence-electron chi connectivity index (χ0n) is 19.2. The highest BCUT2D eigenvalue weighted by Crippen LogP contribution is 2.38. The molecule has 1 aliphatic rings. The first-order valence-electron chi connectivity index (χ1n) is 10.8. The number of benzene rings is 3. The van der Waals surface area contributed by atoms with E-state index in [0.29, 0.717) is 28.0 Å². The number of carbonyl (C=O) groups excluding carboxylic acids is 2. The highest BCUT2D eigenvalue weighted by Gasteiger charge is 2.25. The number of esters is 2. The quantitative estimate of drug-likeness (QED) is 0.130. The van der Waals surface area contributed by atoms with Gasteiger partial charge in [0.15, 0.2) is 17.2 Å². The molecule has 0 atom stereocenters. The van der Waals surface area contributed by atoms with E-state index in [1.54, 1.807) is 36.4 Å². The van der Waals surface area contributed by atoms with Crippen molar-refractivity contribution >= 4 is 62.4 Å². The number of hydrogen-bond donors (Lipinski definition) is 0. The van der Waals surface area contributed by atoms with Crippen molar-refractivity contribution in [2.45, 2.75) is 20.8 Å². The van der Waals surface area contributed by atoms with Gasteiger partial charge in [0.1, 0.15) is 0 Å². The smallest absolute Gasteiger partial charge is 0.363 e. The number of halogens is 2. The molecule has 0 fully saturated rings. The third kappa shape index (κ3) is 5.82. The molecular weight excluding hydrogens is 625 g/mol. The molecule has 4 rings (SSSR count). The Balaban J connectivity index is 1.65. The molecule has 0 spiro atoms. The van der Waals surface area contributed by atoms with Crippen molar-refractivity contribution in [2.24, 2.45) is 4.99 Å². The monoisotopic (exact) mass is 645 g/mol. The van der Waals surface area contributed by atoms with Crippen molar-refractivity contribution in [3.8, 4) is 11.5 Å². The van der Waals surface area contributed by atoms with Crippen LogP contribution in [0.1, 0.15) is 39.5 Å². The Morgan fingerprint density at radius 3 is 2.66 bits per heavy atom. The number of hydrogen-bond acceptors (Lipinski definition) is 6. The molecule has 1 heterocycles. The molecule has 0 aromatic heterocycles. The molecule has 3 aromatic carbocycles. The molecule has 3 aromatic rings. The van der Waals surface area contributed by atoms with Gasteiger partial charge in [0.2, 0.25) is 5.90 Å². The summed E-state index contributed by atoms with van der Waals surface area (Å²) in [6.07, 6.45) is 1.61. The van der Waals surface area contributed by atoms with Gasteiger partial charge in [0.05, 0.1) is 16.6 Å². The third-order valence-electron chi connectivity index (χ3n) is 5.11. The zero-order valence-corrected chi connectivity index (χ0v) is 23.0. The molecule has 0 N–H and O–H groups in total. The zero-order chi connectivity index (χ0) is 25.1. The maximum absolute atomic E-state index is 12.7. The fourth-order valence-electron chi connectivity index (χ4n) is 3.43. The second-order valence-corrected chi connectivity index (χ2v) is 9.84. The van der Waals surface area contributed by atoms with E-state index in [4.69, 9.17) is 14.2 Å². The summed E-state index contributed by atoms with van der Waals surface area (Å²) in [5.74, 6) is -0.164. The van der Waals surface area contributed by atoms with E-state index in [1.807, 2.05) is 45.0 Å². The summed E-state index contributed by atoms with van der Waals surface area (Å²) in [5.41, 5.74) is 3.98. The van der Waals surface area contributed by atoms with Crippen LogP contribution in [0.25, 0.3) is 6.08 Å². The minimum Gasteiger partial charge on any atom is -0.490 e. The van der Waals surface area contributed by atoms with Crippen LogP contribution in [0.2, 0.25) is 0 Å². The van der Waals surface area contributed by atoms with Crippen molar-refractivity contribution in [3.05, 3.63) is 96.2 Å². The summed E-state index contributed by atoms with van der Waals surface area (Å²) in [5, 5.41) is 0. The van der Waals surface area contributed by atoms with Gasteiger partial charge in [-0.1, -0.05) is 17.7 Å². The average Bonchev–Trinajstić information content (AvgIpc) is 3.18. The van der Waals surface area contributed by atoms with Crippen LogP contribution in [-0.2, 0) is 9.53 Å². The molecule has 0 saturated carbocycles. The number of nitrogens with zero attached hydrogens (tertiary/aromatic N) is 1. The first kappa shape index (κ1) is 25.1. The molecule has 8 heteroatoms. The Morgan fingerprint density at radius 2 is 1.94 bits per heavy atom. The SMILES string of the molecule is CCOc1cc(/C=C2\N=C(c3ccc(I)c(C)c3)OC2=O)cc(Br)c1OC(=O)c1cccc(C)c1. The summed E-state index contributed by atoms with van der Waals surface area (Å²) < 4.78 is 18.4. The summed E-state index contributed by atoms with van der Waals surface area (Å²) in [6, 6.07) is 16.3. The molecule has 0 bridgehead atoms. The largest absolute Gasteiger partial charge is 0.490 e. The van der Waals surface area contributed by atoms with Gasteiger partial charge in [-0.05, 0) is 119 Å². The van der Waals surface area contributed by atoms with Gasteiger partial charge < -0.3 is 14.2 Å². The van der Waals surface area contributed by atoms with Gasteiger partial charge in [-0.3, -0.25) is 0 Å². The van der Waals surface area contributed by atoms with E-state index in [9.17, 15) is 9.59 Å². The van der Waals surface area contributed by atoms with E-state index in [1.165, 1.54) is 0 Å². The Hall–Kier alpha value is -2.98. The number of carbonyl (C=O) groups is 2. The van der Waals surface area contributed by atoms with E-state index < -0.39 is 11.9 Å². The van der Waals surface area contributed by atoms with Crippen LogP contribution in [0, 0.1) is 17.4 Å². The predicted octanol–water partition coefficient (Wildman–Crippen LogP) is 6.63. The Morgan fingerprint density at radius 1 is 1.14 bits per heavy atom. The third-order valence-corrected chi connectivity index (χ3v) is 6.91. The van der Waals surface area contributed by atoms with Crippen molar-refractivity contribution in [3.63, 3.8) is 0 Å². The van der Waals surface area contributed by atoms with Crippen LogP contribution in [-0.4, -0.2) is 24.4 Å². The maximum Gasteiger partial charge on any atom is 0.363 e. The lowest BCUT2D eigenvalue weighted by Gasteiger charge is -2.14. The topological polar surface area (TPSA) is 74.2 Å². The molecule has 0 unspecified atom stereocenters. The Kier molecular flexibility index (Phi) is 7.71. The van der Waals surface area contributed by atoms with Crippen LogP contribution >= 0.6 is 38.5 Å². The first-order chi connectivity index (χ1) is 16.7. The predicted molar refractivity (Wildman–Crippen MR) is 146 cm³/mol. The second kappa shape index (κ2) is 10.7. The van der Waals surface area contributed by atoms with Gasteiger partial charge >= 0.3 is 11.9 Å². The van der Waals surface area contributed by atoms with Crippen molar-refractivity contribution in [1.82, 2.24) is 0 Å². The highest BCUT2D eigenvalue weighted by molar-refractivity contribution is 14.1. The van der Waals surface area contributed by atoms with E-state index >= 15 is 0 Å². The van der Waals surface area contributed by atoms with Crippen molar-refractivity contribution < 1.29 is 23.8 Å². The Bertz CT molecular complexity index is 1400. The molecule has 178 valence electrons. The lowest BCUT2D eigenvalue weighted by atomic mass is 10.1. The number of ether oxygens (including phenoxy) is 3. The summed E-state index contributed by atoms with van der Waals surface area (Å²) in [4.78, 5) is 29.6. The number of cyclic esters (lactones) is 1. The first-order valence-corrected chi connectivity index (χ1v) is 12.7. The highest BCUT2D eigenvalue weighted by atomic mass is 127. The van der Waals surface area contributed by atoms with Gasteiger partial charge in [-0.2, -0.15) is 0 Å². The lowest BCUT2D eigenvalue weighted by Crippen LogP contribution is -2.10. The fraction of sp³-hybridized carbons (Fsp3) is 0.148. The summed E-state index contributed by atoms with van der Waals surface area (Å²) in [6.45, 7) is 6.08. The van der Waals surface area contributed by atoms with E-state index in [0.717, 1.165) is 20.3 Å². The van der Waals surface area contributed by atoms with E-state index in [2.05, 4.69) is 43.5 Å². The van der Waals surface area contributed by atoms with Gasteiger partial charge in [0.25, 0.3) is 0 Å². The van der Waals surface area contributed by atoms with Crippen LogP contribution in [0.4, 0.5) is 0 Å². The molecule has 0 saturated heterocycles. The Labute approximate surface area is 225 Å². The minimum atomic E-state index is -0.541. The number of rotatable bonds is 6. The molecule has 1 aliphatic heterocycles. The maximum atomic E-state index is 12.7. The normalized spacial score (nSPS) is 14.0. The van der Waals surface area contributed by atoms with Crippen LogP contribution < -0.4 is 9.47 Å². The molecule has 0 amide bonds. The molecule has 6 nitrogen and oxygen atoms in total. The van der Waals surface area contributed by atoms with Crippen LogP contribution in [0.5, 0.6) is 11.5 Å². The number of aryl methyl sites for hydroxylation is 2. The average molecular weight is 646 g/mol. The second-order valence-electron chi connectivity index (χ2n) is 7.82. The standard InChI is InChI=1S/C27H21BrINO5/c1-4-33-23-14-17(12-20(28)24(23)34-26(31)19-7-5-6-15(2)10-19)13-22-27(32)35-25(30-22)18-8-9-21(29)16(3)11-18/h5-14H,4H2,1-3H3/b22-13-. The van der Waals surface area contributed by atoms with Crippen LogP contribution in [0.15, 0.2) is 69.8 Å².